The van der Waals surface area contributed by atoms with Gasteiger partial charge in [-0.15, -0.1) is 0 Å². The lowest BCUT2D eigenvalue weighted by atomic mass is 9.95. The molecule has 0 fully saturated rings. The summed E-state index contributed by atoms with van der Waals surface area (Å²) in [5.74, 6) is -0.185. The smallest absolute Gasteiger partial charge is 0.252 e. The third-order valence-corrected chi connectivity index (χ3v) is 5.55. The maximum absolute atomic E-state index is 13.1. The number of carbonyl (C=O) groups excluding carboxylic acids is 1. The number of carbonyl (C=O) groups is 1. The Labute approximate surface area is 183 Å². The van der Waals surface area contributed by atoms with Crippen molar-refractivity contribution in [2.24, 2.45) is 0 Å². The molecule has 1 aromatic heterocycles. The van der Waals surface area contributed by atoms with E-state index in [-0.39, 0.29) is 12.4 Å². The fourth-order valence-electron chi connectivity index (χ4n) is 3.27. The van der Waals surface area contributed by atoms with Crippen LogP contribution in [0, 0.1) is 6.92 Å². The van der Waals surface area contributed by atoms with Crippen LogP contribution in [-0.2, 0) is 16.8 Å². The first kappa shape index (κ1) is 22.6. The highest BCUT2D eigenvalue weighted by molar-refractivity contribution is 7.78. The first-order valence-electron chi connectivity index (χ1n) is 9.59. The van der Waals surface area contributed by atoms with E-state index in [4.69, 9.17) is 4.74 Å². The molecule has 0 aliphatic heterocycles. The van der Waals surface area contributed by atoms with Crippen molar-refractivity contribution in [2.45, 2.75) is 18.7 Å². The van der Waals surface area contributed by atoms with Crippen molar-refractivity contribution < 1.29 is 23.4 Å². The molecule has 2 atom stereocenters. The van der Waals surface area contributed by atoms with Crippen molar-refractivity contribution in [3.05, 3.63) is 83.0 Å². The second-order valence-electron chi connectivity index (χ2n) is 6.96. The zero-order valence-electron chi connectivity index (χ0n) is 17.2. The van der Waals surface area contributed by atoms with Gasteiger partial charge in [-0.3, -0.25) is 9.00 Å². The van der Waals surface area contributed by atoms with E-state index in [9.17, 15) is 18.7 Å². The van der Waals surface area contributed by atoms with Gasteiger partial charge in [0.15, 0.2) is 0 Å². The molecule has 1 unspecified atom stereocenters. The number of benzene rings is 2. The fourth-order valence-corrected chi connectivity index (χ4v) is 3.83. The summed E-state index contributed by atoms with van der Waals surface area (Å²) in [6, 6.07) is 15.6. The summed E-state index contributed by atoms with van der Waals surface area (Å²) < 4.78 is 27.8. The molecule has 0 aliphatic carbocycles. The normalized spacial score (nSPS) is 12.8. The molecule has 0 saturated carbocycles. The van der Waals surface area contributed by atoms with Gasteiger partial charge in [-0.05, 0) is 52.9 Å². The third-order valence-electron chi connectivity index (χ3n) is 5.00. The fraction of sp³-hybridized carbons (Fsp3) is 0.217. The summed E-state index contributed by atoms with van der Waals surface area (Å²) in [4.78, 5) is 17.2. The number of amides is 1. The highest BCUT2D eigenvalue weighted by Gasteiger charge is 2.19. The molecule has 3 aromatic rings. The molecular formula is C23H23N2O5S-. The monoisotopic (exact) mass is 439 g/mol. The molecule has 0 aliphatic rings. The van der Waals surface area contributed by atoms with Gasteiger partial charge in [-0.1, -0.05) is 41.4 Å². The summed E-state index contributed by atoms with van der Waals surface area (Å²) in [7, 11) is 1.50. The van der Waals surface area contributed by atoms with Gasteiger partial charge < -0.3 is 19.7 Å². The lowest BCUT2D eigenvalue weighted by Gasteiger charge is -2.20. The number of aliphatic hydroxyl groups is 1. The van der Waals surface area contributed by atoms with Gasteiger partial charge in [0.25, 0.3) is 5.91 Å². The number of pyridine rings is 1. The van der Waals surface area contributed by atoms with Crippen molar-refractivity contribution in [1.29, 1.82) is 0 Å². The Hall–Kier alpha value is -3.07. The molecule has 2 aromatic carbocycles. The number of rotatable bonds is 8. The van der Waals surface area contributed by atoms with Crippen molar-refractivity contribution in [3.8, 4) is 17.0 Å². The van der Waals surface area contributed by atoms with Crippen LogP contribution in [0.2, 0.25) is 0 Å². The molecule has 0 spiro atoms. The van der Waals surface area contributed by atoms with E-state index in [1.807, 2.05) is 30.3 Å². The highest BCUT2D eigenvalue weighted by atomic mass is 32.2. The topological polar surface area (TPSA) is 112 Å². The Bertz CT molecular complexity index is 1070. The van der Waals surface area contributed by atoms with Crippen molar-refractivity contribution >= 4 is 17.0 Å². The van der Waals surface area contributed by atoms with Crippen LogP contribution in [0.3, 0.4) is 0 Å². The lowest BCUT2D eigenvalue weighted by Crippen LogP contribution is -2.31. The molecule has 0 saturated heterocycles. The summed E-state index contributed by atoms with van der Waals surface area (Å²) in [6.45, 7) is 1.39. The predicted molar refractivity (Wildman–Crippen MR) is 117 cm³/mol. The minimum Gasteiger partial charge on any atom is -0.772 e. The number of aromatic nitrogens is 1. The second-order valence-corrected chi connectivity index (χ2v) is 7.86. The lowest BCUT2D eigenvalue weighted by molar-refractivity contribution is 0.0915. The molecule has 8 heteroatoms. The summed E-state index contributed by atoms with van der Waals surface area (Å²) >= 11 is -2.30. The molecule has 3 rings (SSSR count). The summed E-state index contributed by atoms with van der Waals surface area (Å²) in [6.07, 6.45) is 1.53. The largest absolute Gasteiger partial charge is 0.772 e. The zero-order valence-corrected chi connectivity index (χ0v) is 18.0. The van der Waals surface area contributed by atoms with Crippen LogP contribution in [-0.4, -0.2) is 38.5 Å². The number of methoxy groups -OCH3 is 1. The van der Waals surface area contributed by atoms with E-state index < -0.39 is 23.0 Å². The van der Waals surface area contributed by atoms with Gasteiger partial charge in [-0.25, -0.2) is 4.98 Å². The Morgan fingerprint density at radius 1 is 1.19 bits per heavy atom. The Morgan fingerprint density at radius 2 is 1.94 bits per heavy atom. The minimum absolute atomic E-state index is 0.196. The van der Waals surface area contributed by atoms with Gasteiger partial charge in [0.1, 0.15) is 0 Å². The number of hydrogen-bond donors (Lipinski definition) is 2. The van der Waals surface area contributed by atoms with Crippen LogP contribution in [0.1, 0.15) is 33.1 Å². The number of nitrogens with one attached hydrogen (secondary N) is 1. The average molecular weight is 440 g/mol. The van der Waals surface area contributed by atoms with Crippen LogP contribution in [0.4, 0.5) is 0 Å². The SMILES string of the molecule is COc1ccc([C@@H](CO)NC(=O)c2cc(-c3ccccc3)cc(CS(=O)[O-])c2C)cn1. The van der Waals surface area contributed by atoms with Gasteiger partial charge in [-0.2, -0.15) is 0 Å². The van der Waals surface area contributed by atoms with E-state index in [1.165, 1.54) is 13.3 Å². The third kappa shape index (κ3) is 5.55. The average Bonchev–Trinajstić information content (AvgIpc) is 2.79. The summed E-state index contributed by atoms with van der Waals surface area (Å²) in [5, 5.41) is 12.6. The molecule has 0 radical (unpaired) electrons. The molecule has 1 heterocycles. The number of ether oxygens (including phenoxy) is 1. The Morgan fingerprint density at radius 3 is 2.52 bits per heavy atom. The van der Waals surface area contributed by atoms with E-state index in [1.54, 1.807) is 31.2 Å². The van der Waals surface area contributed by atoms with Crippen LogP contribution in [0.15, 0.2) is 60.8 Å². The molecule has 31 heavy (non-hydrogen) atoms. The van der Waals surface area contributed by atoms with Crippen molar-refractivity contribution in [2.75, 3.05) is 13.7 Å². The van der Waals surface area contributed by atoms with Gasteiger partial charge in [0.2, 0.25) is 5.88 Å². The minimum atomic E-state index is -2.30. The standard InChI is InChI=1S/C23H24N2O5S/c1-15-19(14-31(28)29)10-18(16-6-4-3-5-7-16)11-20(15)23(27)25-21(13-26)17-8-9-22(30-2)24-12-17/h3-12,21,26H,13-14H2,1-2H3,(H,25,27)(H,28,29)/p-1/t21-/m1/s1. The zero-order chi connectivity index (χ0) is 22.4. The van der Waals surface area contributed by atoms with Crippen molar-refractivity contribution in [3.63, 3.8) is 0 Å². The second kappa shape index (κ2) is 10.3. The Balaban J connectivity index is 1.96. The van der Waals surface area contributed by atoms with Crippen LogP contribution < -0.4 is 10.1 Å². The number of nitrogens with zero attached hydrogens (tertiary/aromatic N) is 1. The molecule has 0 bridgehead atoms. The quantitative estimate of drug-likeness (QED) is 0.522. The molecule has 162 valence electrons. The first-order valence-corrected chi connectivity index (χ1v) is 10.8. The van der Waals surface area contributed by atoms with E-state index in [2.05, 4.69) is 10.3 Å². The van der Waals surface area contributed by atoms with E-state index in [0.717, 1.165) is 11.1 Å². The van der Waals surface area contributed by atoms with Gasteiger partial charge in [0, 0.05) is 23.6 Å². The molecular weight excluding hydrogens is 416 g/mol. The number of hydrogen-bond acceptors (Lipinski definition) is 6. The first-order chi connectivity index (χ1) is 14.9. The maximum Gasteiger partial charge on any atom is 0.252 e. The number of aliphatic hydroxyl groups excluding tert-OH is 1. The predicted octanol–water partition coefficient (Wildman–Crippen LogP) is 2.91. The summed E-state index contributed by atoms with van der Waals surface area (Å²) in [5.41, 5.74) is 3.70. The van der Waals surface area contributed by atoms with Crippen LogP contribution >= 0.6 is 0 Å². The van der Waals surface area contributed by atoms with Crippen LogP contribution in [0.25, 0.3) is 11.1 Å². The maximum atomic E-state index is 13.1. The van der Waals surface area contributed by atoms with E-state index in [0.29, 0.717) is 28.1 Å². The van der Waals surface area contributed by atoms with Gasteiger partial charge >= 0.3 is 0 Å². The van der Waals surface area contributed by atoms with E-state index >= 15 is 0 Å². The Kier molecular flexibility index (Phi) is 7.51. The molecule has 7 nitrogen and oxygen atoms in total. The molecule has 1 amide bonds. The highest BCUT2D eigenvalue weighted by Crippen LogP contribution is 2.27. The molecule has 2 N–H and O–H groups in total. The van der Waals surface area contributed by atoms with Crippen molar-refractivity contribution in [1.82, 2.24) is 10.3 Å². The van der Waals surface area contributed by atoms with Gasteiger partial charge in [0.05, 0.1) is 19.8 Å². The van der Waals surface area contributed by atoms with Crippen LogP contribution in [0.5, 0.6) is 5.88 Å².